The smallest absolute Gasteiger partial charge is 0.225 e. The fourth-order valence-electron chi connectivity index (χ4n) is 3.63. The lowest BCUT2D eigenvalue weighted by Crippen LogP contribution is -2.51. The van der Waals surface area contributed by atoms with E-state index >= 15 is 0 Å². The van der Waals surface area contributed by atoms with Crippen molar-refractivity contribution < 1.29 is 9.18 Å². The minimum absolute atomic E-state index is 0. The molecule has 3 rings (SSSR count). The van der Waals surface area contributed by atoms with Gasteiger partial charge < -0.3 is 10.2 Å². The van der Waals surface area contributed by atoms with E-state index in [1.807, 2.05) is 11.0 Å². The van der Waals surface area contributed by atoms with Gasteiger partial charge >= 0.3 is 0 Å². The van der Waals surface area contributed by atoms with Gasteiger partial charge in [0.2, 0.25) is 5.91 Å². The van der Waals surface area contributed by atoms with Crippen molar-refractivity contribution in [3.63, 3.8) is 0 Å². The lowest BCUT2D eigenvalue weighted by molar-refractivity contribution is -0.138. The molecule has 4 nitrogen and oxygen atoms in total. The molecule has 0 spiro atoms. The van der Waals surface area contributed by atoms with Crippen LogP contribution < -0.4 is 5.32 Å². The molecule has 2 aliphatic heterocycles. The van der Waals surface area contributed by atoms with Crippen LogP contribution in [0.1, 0.15) is 25.3 Å². The number of hydrogen-bond donors (Lipinski definition) is 1. The molecule has 2 fully saturated rings. The predicted octanol–water partition coefficient (Wildman–Crippen LogP) is 2.28. The molecule has 1 aromatic carbocycles. The van der Waals surface area contributed by atoms with Crippen LogP contribution in [0.15, 0.2) is 24.3 Å². The lowest BCUT2D eigenvalue weighted by Gasteiger charge is -2.38. The molecule has 6 heteroatoms. The molecular formula is C18H27ClFN3O. The fourth-order valence-corrected chi connectivity index (χ4v) is 3.63. The highest BCUT2D eigenvalue weighted by molar-refractivity contribution is 5.85. The third kappa shape index (κ3) is 4.91. The van der Waals surface area contributed by atoms with Crippen LogP contribution in [0.3, 0.4) is 0 Å². The van der Waals surface area contributed by atoms with Crippen LogP contribution >= 0.6 is 12.4 Å². The molecule has 24 heavy (non-hydrogen) atoms. The molecule has 0 radical (unpaired) electrons. The van der Waals surface area contributed by atoms with Gasteiger partial charge in [-0.15, -0.1) is 12.4 Å². The van der Waals surface area contributed by atoms with E-state index in [-0.39, 0.29) is 24.1 Å². The monoisotopic (exact) mass is 355 g/mol. The number of hydrogen-bond acceptors (Lipinski definition) is 3. The van der Waals surface area contributed by atoms with Gasteiger partial charge in [-0.1, -0.05) is 12.1 Å². The second-order valence-corrected chi connectivity index (χ2v) is 6.81. The van der Waals surface area contributed by atoms with Crippen LogP contribution in [0.4, 0.5) is 4.39 Å². The van der Waals surface area contributed by atoms with E-state index in [9.17, 15) is 9.18 Å². The standard InChI is InChI=1S/C18H26FN3O.ClH/c1-14-11-16(5-6-20-14)18(23)22-9-7-21(8-10-22)13-15-3-2-4-17(19)12-15;/h2-4,12,14,16,20H,5-11,13H2,1H3;1H/t14-,16-;/m0./s1. The van der Waals surface area contributed by atoms with Crippen molar-refractivity contribution in [2.75, 3.05) is 32.7 Å². The van der Waals surface area contributed by atoms with E-state index in [4.69, 9.17) is 0 Å². The number of halogens is 2. The maximum absolute atomic E-state index is 13.3. The average molecular weight is 356 g/mol. The van der Waals surface area contributed by atoms with Crippen molar-refractivity contribution in [2.24, 2.45) is 5.92 Å². The van der Waals surface area contributed by atoms with Gasteiger partial charge in [-0.3, -0.25) is 9.69 Å². The molecule has 1 N–H and O–H groups in total. The summed E-state index contributed by atoms with van der Waals surface area (Å²) in [5.41, 5.74) is 0.997. The minimum atomic E-state index is -0.184. The third-order valence-electron chi connectivity index (χ3n) is 4.95. The van der Waals surface area contributed by atoms with Crippen LogP contribution in [0.2, 0.25) is 0 Å². The average Bonchev–Trinajstić information content (AvgIpc) is 2.55. The third-order valence-corrected chi connectivity index (χ3v) is 4.95. The molecule has 2 heterocycles. The van der Waals surface area contributed by atoms with E-state index in [1.165, 1.54) is 6.07 Å². The van der Waals surface area contributed by atoms with Crippen LogP contribution in [-0.2, 0) is 11.3 Å². The number of piperidine rings is 1. The van der Waals surface area contributed by atoms with Crippen molar-refractivity contribution >= 4 is 18.3 Å². The Bertz CT molecular complexity index is 549. The normalized spacial score (nSPS) is 25.2. The maximum atomic E-state index is 13.3. The van der Waals surface area contributed by atoms with Crippen LogP contribution in [-0.4, -0.2) is 54.5 Å². The van der Waals surface area contributed by atoms with Crippen molar-refractivity contribution in [2.45, 2.75) is 32.4 Å². The van der Waals surface area contributed by atoms with Crippen molar-refractivity contribution in [3.8, 4) is 0 Å². The lowest BCUT2D eigenvalue weighted by atomic mass is 9.92. The first-order valence-corrected chi connectivity index (χ1v) is 8.61. The number of nitrogens with one attached hydrogen (secondary N) is 1. The molecule has 2 aliphatic rings. The van der Waals surface area contributed by atoms with Gasteiger partial charge in [-0.25, -0.2) is 4.39 Å². The minimum Gasteiger partial charge on any atom is -0.340 e. The number of amides is 1. The van der Waals surface area contributed by atoms with Crippen LogP contribution in [0, 0.1) is 11.7 Å². The highest BCUT2D eigenvalue weighted by atomic mass is 35.5. The second-order valence-electron chi connectivity index (χ2n) is 6.81. The number of nitrogens with zero attached hydrogens (tertiary/aromatic N) is 2. The van der Waals surface area contributed by atoms with Crippen molar-refractivity contribution in [1.82, 2.24) is 15.1 Å². The van der Waals surface area contributed by atoms with Crippen LogP contribution in [0.25, 0.3) is 0 Å². The Balaban J connectivity index is 0.00000208. The Morgan fingerprint density at radius 1 is 1.29 bits per heavy atom. The molecule has 0 unspecified atom stereocenters. The first kappa shape index (κ1) is 19.2. The molecule has 0 saturated carbocycles. The van der Waals surface area contributed by atoms with Gasteiger partial charge in [-0.05, 0) is 44.0 Å². The Morgan fingerprint density at radius 2 is 2.04 bits per heavy atom. The van der Waals surface area contributed by atoms with E-state index in [0.29, 0.717) is 11.9 Å². The zero-order valence-electron chi connectivity index (χ0n) is 14.2. The summed E-state index contributed by atoms with van der Waals surface area (Å²) in [5, 5.41) is 3.40. The number of benzene rings is 1. The van der Waals surface area contributed by atoms with E-state index in [0.717, 1.165) is 57.7 Å². The molecule has 2 atom stereocenters. The Morgan fingerprint density at radius 3 is 2.71 bits per heavy atom. The molecule has 2 saturated heterocycles. The highest BCUT2D eigenvalue weighted by Gasteiger charge is 2.30. The summed E-state index contributed by atoms with van der Waals surface area (Å²) >= 11 is 0. The molecule has 0 bridgehead atoms. The van der Waals surface area contributed by atoms with Gasteiger partial charge in [-0.2, -0.15) is 0 Å². The predicted molar refractivity (Wildman–Crippen MR) is 95.7 cm³/mol. The van der Waals surface area contributed by atoms with Gasteiger partial charge in [0.1, 0.15) is 5.82 Å². The van der Waals surface area contributed by atoms with Gasteiger partial charge in [0, 0.05) is 44.7 Å². The number of rotatable bonds is 3. The Labute approximate surface area is 149 Å². The molecule has 0 aromatic heterocycles. The summed E-state index contributed by atoms with van der Waals surface area (Å²) in [6.07, 6.45) is 1.90. The zero-order chi connectivity index (χ0) is 16.2. The largest absolute Gasteiger partial charge is 0.340 e. The van der Waals surface area contributed by atoms with E-state index in [1.54, 1.807) is 12.1 Å². The van der Waals surface area contributed by atoms with Gasteiger partial charge in [0.25, 0.3) is 0 Å². The fraction of sp³-hybridized carbons (Fsp3) is 0.611. The Kier molecular flexibility index (Phi) is 7.02. The summed E-state index contributed by atoms with van der Waals surface area (Å²) in [6, 6.07) is 7.21. The van der Waals surface area contributed by atoms with E-state index in [2.05, 4.69) is 17.1 Å². The van der Waals surface area contributed by atoms with Gasteiger partial charge in [0.15, 0.2) is 0 Å². The Hall–Kier alpha value is -1.17. The number of carbonyl (C=O) groups excluding carboxylic acids is 1. The van der Waals surface area contributed by atoms with Crippen LogP contribution in [0.5, 0.6) is 0 Å². The summed E-state index contributed by atoms with van der Waals surface area (Å²) in [5.74, 6) is 0.320. The summed E-state index contributed by atoms with van der Waals surface area (Å²) in [4.78, 5) is 17.0. The molecule has 134 valence electrons. The van der Waals surface area contributed by atoms with Gasteiger partial charge in [0.05, 0.1) is 0 Å². The number of piperazine rings is 1. The molecule has 1 amide bonds. The van der Waals surface area contributed by atoms with E-state index < -0.39 is 0 Å². The summed E-state index contributed by atoms with van der Waals surface area (Å²) in [6.45, 7) is 7.14. The summed E-state index contributed by atoms with van der Waals surface area (Å²) in [7, 11) is 0. The zero-order valence-corrected chi connectivity index (χ0v) is 15.0. The quantitative estimate of drug-likeness (QED) is 0.903. The second kappa shape index (κ2) is 8.79. The molecular weight excluding hydrogens is 329 g/mol. The summed E-state index contributed by atoms with van der Waals surface area (Å²) < 4.78 is 13.3. The molecule has 1 aromatic rings. The first-order valence-electron chi connectivity index (χ1n) is 8.61. The topological polar surface area (TPSA) is 35.6 Å². The SMILES string of the molecule is C[C@H]1C[C@@H](C(=O)N2CCN(Cc3cccc(F)c3)CC2)CCN1.Cl. The van der Waals surface area contributed by atoms with Crippen molar-refractivity contribution in [3.05, 3.63) is 35.6 Å². The van der Waals surface area contributed by atoms with Crippen molar-refractivity contribution in [1.29, 1.82) is 0 Å². The maximum Gasteiger partial charge on any atom is 0.225 e. The highest BCUT2D eigenvalue weighted by Crippen LogP contribution is 2.20. The molecule has 0 aliphatic carbocycles. The number of carbonyl (C=O) groups is 1. The first-order chi connectivity index (χ1) is 11.1.